The fourth-order valence-electron chi connectivity index (χ4n) is 1.18. The molecule has 0 amide bonds. The van der Waals surface area contributed by atoms with E-state index >= 15 is 0 Å². The Morgan fingerprint density at radius 3 is 2.82 bits per heavy atom. The summed E-state index contributed by atoms with van der Waals surface area (Å²) in [6.07, 6.45) is 2.93. The standard InChI is InChI=1S/C9H13N3O4S/c1-17(15,16)6-2-4-10-9-7-8(12(13)14)3-5-11-9/h3,5,7H,2,4,6H2,1H3,(H,10,11). The number of aromatic nitrogens is 1. The molecule has 0 aromatic carbocycles. The van der Waals surface area contributed by atoms with Gasteiger partial charge in [-0.1, -0.05) is 0 Å². The molecule has 1 aromatic rings. The summed E-state index contributed by atoms with van der Waals surface area (Å²) in [5, 5.41) is 13.3. The third kappa shape index (κ3) is 5.25. The Morgan fingerprint density at radius 2 is 2.24 bits per heavy atom. The second-order valence-electron chi connectivity index (χ2n) is 3.57. The van der Waals surface area contributed by atoms with E-state index in [1.165, 1.54) is 24.6 Å². The fourth-order valence-corrected chi connectivity index (χ4v) is 1.85. The predicted octanol–water partition coefficient (Wildman–Crippen LogP) is 0.836. The number of pyridine rings is 1. The van der Waals surface area contributed by atoms with Gasteiger partial charge in [0.1, 0.15) is 15.7 Å². The van der Waals surface area contributed by atoms with E-state index in [0.29, 0.717) is 18.8 Å². The van der Waals surface area contributed by atoms with E-state index in [4.69, 9.17) is 0 Å². The molecule has 0 spiro atoms. The van der Waals surface area contributed by atoms with Crippen LogP contribution in [0.1, 0.15) is 6.42 Å². The van der Waals surface area contributed by atoms with Crippen molar-refractivity contribution < 1.29 is 13.3 Å². The number of rotatable bonds is 6. The lowest BCUT2D eigenvalue weighted by Gasteiger charge is -2.04. The molecule has 0 atom stereocenters. The number of hydrogen-bond donors (Lipinski definition) is 1. The van der Waals surface area contributed by atoms with Crippen LogP contribution in [0.5, 0.6) is 0 Å². The first-order valence-corrected chi connectivity index (χ1v) is 6.96. The molecule has 0 aliphatic heterocycles. The number of nitrogens with zero attached hydrogens (tertiary/aromatic N) is 2. The van der Waals surface area contributed by atoms with Crippen LogP contribution in [0.15, 0.2) is 18.3 Å². The molecule has 0 radical (unpaired) electrons. The van der Waals surface area contributed by atoms with Gasteiger partial charge >= 0.3 is 0 Å². The molecule has 0 saturated heterocycles. The van der Waals surface area contributed by atoms with Crippen molar-refractivity contribution in [1.29, 1.82) is 0 Å². The van der Waals surface area contributed by atoms with Crippen LogP contribution in [0.25, 0.3) is 0 Å². The van der Waals surface area contributed by atoms with Crippen LogP contribution in [0.4, 0.5) is 11.5 Å². The highest BCUT2D eigenvalue weighted by Gasteiger charge is 2.06. The summed E-state index contributed by atoms with van der Waals surface area (Å²) in [6.45, 7) is 0.404. The summed E-state index contributed by atoms with van der Waals surface area (Å²) < 4.78 is 21.7. The molecule has 0 unspecified atom stereocenters. The Balaban J connectivity index is 2.47. The lowest BCUT2D eigenvalue weighted by atomic mass is 10.4. The number of hydrogen-bond acceptors (Lipinski definition) is 6. The van der Waals surface area contributed by atoms with E-state index in [1.807, 2.05) is 0 Å². The number of sulfone groups is 1. The van der Waals surface area contributed by atoms with Gasteiger partial charge in [-0.25, -0.2) is 13.4 Å². The second-order valence-corrected chi connectivity index (χ2v) is 5.83. The lowest BCUT2D eigenvalue weighted by Crippen LogP contribution is -2.10. The number of anilines is 1. The minimum Gasteiger partial charge on any atom is -0.370 e. The van der Waals surface area contributed by atoms with Crippen molar-refractivity contribution in [3.8, 4) is 0 Å². The largest absolute Gasteiger partial charge is 0.370 e. The summed E-state index contributed by atoms with van der Waals surface area (Å²) in [7, 11) is -2.97. The zero-order valence-corrected chi connectivity index (χ0v) is 10.1. The first kappa shape index (κ1) is 13.4. The molecule has 1 heterocycles. The first-order valence-electron chi connectivity index (χ1n) is 4.90. The number of nitro groups is 1. The monoisotopic (exact) mass is 259 g/mol. The van der Waals surface area contributed by atoms with Gasteiger partial charge in [0.25, 0.3) is 5.69 Å². The third-order valence-corrected chi connectivity index (χ3v) is 2.98. The van der Waals surface area contributed by atoms with Crippen molar-refractivity contribution in [1.82, 2.24) is 4.98 Å². The molecular formula is C9H13N3O4S. The average molecular weight is 259 g/mol. The molecule has 0 saturated carbocycles. The lowest BCUT2D eigenvalue weighted by molar-refractivity contribution is -0.384. The summed E-state index contributed by atoms with van der Waals surface area (Å²) in [5.74, 6) is 0.447. The Hall–Kier alpha value is -1.70. The van der Waals surface area contributed by atoms with Gasteiger partial charge in [-0.2, -0.15) is 0 Å². The molecule has 0 aliphatic carbocycles. The van der Waals surface area contributed by atoms with E-state index in [1.54, 1.807) is 0 Å². The van der Waals surface area contributed by atoms with E-state index in [0.717, 1.165) is 0 Å². The van der Waals surface area contributed by atoms with E-state index in [2.05, 4.69) is 10.3 Å². The van der Waals surface area contributed by atoms with Gasteiger partial charge in [0.15, 0.2) is 0 Å². The van der Waals surface area contributed by atoms with Crippen molar-refractivity contribution in [3.63, 3.8) is 0 Å². The smallest absolute Gasteiger partial charge is 0.274 e. The minimum atomic E-state index is -2.97. The highest BCUT2D eigenvalue weighted by molar-refractivity contribution is 7.90. The Labute approximate surface area is 98.9 Å². The van der Waals surface area contributed by atoms with E-state index in [9.17, 15) is 18.5 Å². The zero-order chi connectivity index (χ0) is 12.9. The predicted molar refractivity (Wildman–Crippen MR) is 63.7 cm³/mol. The fraction of sp³-hybridized carbons (Fsp3) is 0.444. The quantitative estimate of drug-likeness (QED) is 0.461. The summed E-state index contributed by atoms with van der Waals surface area (Å²) >= 11 is 0. The number of nitrogens with one attached hydrogen (secondary N) is 1. The molecular weight excluding hydrogens is 246 g/mol. The molecule has 8 heteroatoms. The van der Waals surface area contributed by atoms with Crippen molar-refractivity contribution >= 4 is 21.3 Å². The molecule has 7 nitrogen and oxygen atoms in total. The van der Waals surface area contributed by atoms with Crippen LogP contribution in [-0.2, 0) is 9.84 Å². The van der Waals surface area contributed by atoms with Gasteiger partial charge in [0.05, 0.1) is 16.7 Å². The van der Waals surface area contributed by atoms with Crippen LogP contribution in [0, 0.1) is 10.1 Å². The van der Waals surface area contributed by atoms with Gasteiger partial charge in [-0.05, 0) is 6.42 Å². The van der Waals surface area contributed by atoms with Gasteiger partial charge < -0.3 is 5.32 Å². The molecule has 0 fully saturated rings. The summed E-state index contributed by atoms with van der Waals surface area (Å²) in [4.78, 5) is 13.9. The topological polar surface area (TPSA) is 102 Å². The molecule has 1 N–H and O–H groups in total. The highest BCUT2D eigenvalue weighted by atomic mass is 32.2. The highest BCUT2D eigenvalue weighted by Crippen LogP contribution is 2.13. The SMILES string of the molecule is CS(=O)(=O)CCCNc1cc([N+](=O)[O-])ccn1. The molecule has 0 aliphatic rings. The van der Waals surface area contributed by atoms with Crippen molar-refractivity contribution in [2.75, 3.05) is 23.9 Å². The van der Waals surface area contributed by atoms with Crippen LogP contribution in [0.2, 0.25) is 0 Å². The normalized spacial score (nSPS) is 11.1. The van der Waals surface area contributed by atoms with Crippen molar-refractivity contribution in [2.45, 2.75) is 6.42 Å². The molecule has 0 bridgehead atoms. The second kappa shape index (κ2) is 5.58. The van der Waals surface area contributed by atoms with Crippen LogP contribution in [-0.4, -0.2) is 36.9 Å². The Kier molecular flexibility index (Phi) is 4.38. The van der Waals surface area contributed by atoms with Crippen LogP contribution < -0.4 is 5.32 Å². The van der Waals surface area contributed by atoms with Gasteiger partial charge in [0, 0.05) is 25.1 Å². The maximum absolute atomic E-state index is 10.9. The Bertz CT molecular complexity index is 501. The first-order chi connectivity index (χ1) is 7.88. The zero-order valence-electron chi connectivity index (χ0n) is 9.29. The molecule has 94 valence electrons. The molecule has 1 rings (SSSR count). The minimum absolute atomic E-state index is 0.0504. The van der Waals surface area contributed by atoms with Crippen LogP contribution in [0.3, 0.4) is 0 Å². The maximum atomic E-state index is 10.9. The molecule has 1 aromatic heterocycles. The van der Waals surface area contributed by atoms with E-state index in [-0.39, 0.29) is 11.4 Å². The van der Waals surface area contributed by atoms with E-state index < -0.39 is 14.8 Å². The van der Waals surface area contributed by atoms with Crippen molar-refractivity contribution in [3.05, 3.63) is 28.4 Å². The van der Waals surface area contributed by atoms with Gasteiger partial charge in [-0.3, -0.25) is 10.1 Å². The summed E-state index contributed by atoms with van der Waals surface area (Å²) in [5.41, 5.74) is -0.0504. The average Bonchev–Trinajstić information content (AvgIpc) is 2.23. The van der Waals surface area contributed by atoms with Crippen LogP contribution >= 0.6 is 0 Å². The van der Waals surface area contributed by atoms with Crippen molar-refractivity contribution in [2.24, 2.45) is 0 Å². The maximum Gasteiger partial charge on any atom is 0.274 e. The Morgan fingerprint density at radius 1 is 1.53 bits per heavy atom. The van der Waals surface area contributed by atoms with Gasteiger partial charge in [0.2, 0.25) is 0 Å². The molecule has 17 heavy (non-hydrogen) atoms. The van der Waals surface area contributed by atoms with Gasteiger partial charge in [-0.15, -0.1) is 0 Å². The third-order valence-electron chi connectivity index (χ3n) is 1.95. The summed E-state index contributed by atoms with van der Waals surface area (Å²) in [6, 6.07) is 2.60.